The van der Waals surface area contributed by atoms with Gasteiger partial charge in [-0.15, -0.1) is 0 Å². The summed E-state index contributed by atoms with van der Waals surface area (Å²) in [5.41, 5.74) is 4.98. The molecule has 0 aliphatic rings. The Morgan fingerprint density at radius 1 is 1.15 bits per heavy atom. The molecule has 3 N–H and O–H groups in total. The molecular formula is C11H15NO. The van der Waals surface area contributed by atoms with Crippen molar-refractivity contribution in [2.24, 2.45) is 5.73 Å². The van der Waals surface area contributed by atoms with Crippen LogP contribution in [0.2, 0.25) is 0 Å². The molecule has 1 aromatic carbocycles. The smallest absolute Gasteiger partial charge is 0.115 e. The number of benzene rings is 1. The molecule has 0 aliphatic carbocycles. The molecule has 0 spiro atoms. The first kappa shape index (κ1) is 11.3. The minimum atomic E-state index is 0.322. The Kier molecular flexibility index (Phi) is 7.30. The van der Waals surface area contributed by atoms with Gasteiger partial charge in [0.05, 0.1) is 0 Å². The monoisotopic (exact) mass is 177 g/mol. The van der Waals surface area contributed by atoms with Gasteiger partial charge in [-0.2, -0.15) is 0 Å². The van der Waals surface area contributed by atoms with Gasteiger partial charge < -0.3 is 10.8 Å². The van der Waals surface area contributed by atoms with Crippen LogP contribution < -0.4 is 5.73 Å². The van der Waals surface area contributed by atoms with E-state index in [-0.39, 0.29) is 0 Å². The summed E-state index contributed by atoms with van der Waals surface area (Å²) in [5, 5.41) is 8.63. The molecule has 0 unspecified atom stereocenters. The number of allylic oxidation sites excluding steroid dienone is 3. The minimum Gasteiger partial charge on any atom is -0.508 e. The average molecular weight is 177 g/mol. The van der Waals surface area contributed by atoms with E-state index in [2.05, 4.69) is 0 Å². The molecule has 2 heteroatoms. The number of phenols is 1. The lowest BCUT2D eigenvalue weighted by Crippen LogP contribution is -1.71. The molecule has 0 amide bonds. The van der Waals surface area contributed by atoms with Gasteiger partial charge in [0.1, 0.15) is 5.75 Å². The van der Waals surface area contributed by atoms with Crippen molar-refractivity contribution < 1.29 is 5.11 Å². The summed E-state index contributed by atoms with van der Waals surface area (Å²) < 4.78 is 0. The third kappa shape index (κ3) is 8.20. The zero-order valence-corrected chi connectivity index (χ0v) is 7.72. The Labute approximate surface area is 79.0 Å². The second kappa shape index (κ2) is 8.40. The summed E-state index contributed by atoms with van der Waals surface area (Å²) >= 11 is 0. The van der Waals surface area contributed by atoms with Gasteiger partial charge in [-0.1, -0.05) is 30.4 Å². The Morgan fingerprint density at radius 2 is 1.77 bits per heavy atom. The van der Waals surface area contributed by atoms with Crippen LogP contribution in [0.15, 0.2) is 54.8 Å². The first-order valence-corrected chi connectivity index (χ1v) is 4.04. The van der Waals surface area contributed by atoms with E-state index in [0.717, 1.165) is 0 Å². The fraction of sp³-hybridized carbons (Fsp3) is 0.0909. The van der Waals surface area contributed by atoms with Gasteiger partial charge in [-0.25, -0.2) is 0 Å². The zero-order valence-electron chi connectivity index (χ0n) is 7.72. The maximum absolute atomic E-state index is 8.63. The second-order valence-corrected chi connectivity index (χ2v) is 2.25. The van der Waals surface area contributed by atoms with Crippen LogP contribution >= 0.6 is 0 Å². The van der Waals surface area contributed by atoms with E-state index in [1.165, 1.54) is 6.20 Å². The van der Waals surface area contributed by atoms with E-state index in [1.54, 1.807) is 30.3 Å². The molecule has 0 aromatic heterocycles. The fourth-order valence-corrected chi connectivity index (χ4v) is 0.603. The van der Waals surface area contributed by atoms with Gasteiger partial charge in [0, 0.05) is 0 Å². The number of rotatable bonds is 1. The van der Waals surface area contributed by atoms with Crippen molar-refractivity contribution in [2.75, 3.05) is 0 Å². The van der Waals surface area contributed by atoms with Crippen molar-refractivity contribution in [3.63, 3.8) is 0 Å². The van der Waals surface area contributed by atoms with Crippen LogP contribution in [-0.4, -0.2) is 5.11 Å². The lowest BCUT2D eigenvalue weighted by molar-refractivity contribution is 0.475. The SMILES string of the molecule is C/C=C\C=C/N.Oc1ccccc1. The molecule has 0 fully saturated rings. The molecule has 1 aromatic rings. The number of nitrogens with two attached hydrogens (primary N) is 1. The van der Waals surface area contributed by atoms with Gasteiger partial charge in [0.15, 0.2) is 0 Å². The van der Waals surface area contributed by atoms with E-state index in [1.807, 2.05) is 25.1 Å². The molecule has 0 saturated carbocycles. The van der Waals surface area contributed by atoms with Crippen LogP contribution in [0.5, 0.6) is 5.75 Å². The number of phenolic OH excluding ortho intramolecular Hbond substituents is 1. The lowest BCUT2D eigenvalue weighted by Gasteiger charge is -1.82. The van der Waals surface area contributed by atoms with Crippen molar-refractivity contribution >= 4 is 0 Å². The van der Waals surface area contributed by atoms with Crippen molar-refractivity contribution in [1.82, 2.24) is 0 Å². The highest BCUT2D eigenvalue weighted by molar-refractivity contribution is 5.18. The molecule has 0 bridgehead atoms. The summed E-state index contributed by atoms with van der Waals surface area (Å²) in [7, 11) is 0. The van der Waals surface area contributed by atoms with E-state index < -0.39 is 0 Å². The van der Waals surface area contributed by atoms with Crippen molar-refractivity contribution in [3.05, 3.63) is 54.8 Å². The standard InChI is InChI=1S/C6H6O.C5H9N/c7-6-4-2-1-3-5-6;1-2-3-4-5-6/h1-5,7H;2-5H,6H2,1H3/b;3-2-,5-4-. The third-order valence-electron chi connectivity index (χ3n) is 1.17. The van der Waals surface area contributed by atoms with E-state index in [9.17, 15) is 0 Å². The summed E-state index contributed by atoms with van der Waals surface area (Å²) in [6.07, 6.45) is 7.07. The van der Waals surface area contributed by atoms with Crippen molar-refractivity contribution in [2.45, 2.75) is 6.92 Å². The first-order valence-electron chi connectivity index (χ1n) is 4.04. The summed E-state index contributed by atoms with van der Waals surface area (Å²) in [6, 6.07) is 8.71. The lowest BCUT2D eigenvalue weighted by atomic mass is 10.3. The van der Waals surface area contributed by atoms with Crippen molar-refractivity contribution in [3.8, 4) is 5.75 Å². The Hall–Kier alpha value is -1.70. The van der Waals surface area contributed by atoms with E-state index >= 15 is 0 Å². The Morgan fingerprint density at radius 3 is 2.00 bits per heavy atom. The highest BCUT2D eigenvalue weighted by Crippen LogP contribution is 2.02. The molecule has 70 valence electrons. The zero-order chi connectivity index (χ0) is 9.94. The average Bonchev–Trinajstić information content (AvgIpc) is 2.17. The summed E-state index contributed by atoms with van der Waals surface area (Å²) in [6.45, 7) is 1.94. The van der Waals surface area contributed by atoms with Gasteiger partial charge in [0.25, 0.3) is 0 Å². The largest absolute Gasteiger partial charge is 0.508 e. The number of hydrogen-bond acceptors (Lipinski definition) is 2. The predicted molar refractivity (Wildman–Crippen MR) is 56.2 cm³/mol. The maximum Gasteiger partial charge on any atom is 0.115 e. The molecule has 13 heavy (non-hydrogen) atoms. The highest BCUT2D eigenvalue weighted by Gasteiger charge is 1.74. The first-order chi connectivity index (χ1) is 6.31. The molecule has 0 aliphatic heterocycles. The molecule has 0 atom stereocenters. The van der Waals surface area contributed by atoms with E-state index in [4.69, 9.17) is 10.8 Å². The van der Waals surface area contributed by atoms with Crippen LogP contribution in [0.4, 0.5) is 0 Å². The summed E-state index contributed by atoms with van der Waals surface area (Å²) in [4.78, 5) is 0. The number of para-hydroxylation sites is 1. The quantitative estimate of drug-likeness (QED) is 0.647. The van der Waals surface area contributed by atoms with E-state index in [0.29, 0.717) is 5.75 Å². The molecule has 0 heterocycles. The Balaban J connectivity index is 0.000000226. The van der Waals surface area contributed by atoms with Gasteiger partial charge >= 0.3 is 0 Å². The van der Waals surface area contributed by atoms with Gasteiger partial charge in [0.2, 0.25) is 0 Å². The maximum atomic E-state index is 8.63. The predicted octanol–water partition coefficient (Wildman–Crippen LogP) is 2.43. The third-order valence-corrected chi connectivity index (χ3v) is 1.17. The number of aromatic hydroxyl groups is 1. The molecule has 2 nitrogen and oxygen atoms in total. The second-order valence-electron chi connectivity index (χ2n) is 2.25. The number of hydrogen-bond donors (Lipinski definition) is 2. The highest BCUT2D eigenvalue weighted by atomic mass is 16.3. The summed E-state index contributed by atoms with van der Waals surface area (Å²) in [5.74, 6) is 0.322. The van der Waals surface area contributed by atoms with Gasteiger partial charge in [-0.3, -0.25) is 0 Å². The Bertz CT molecular complexity index is 242. The van der Waals surface area contributed by atoms with Crippen molar-refractivity contribution in [1.29, 1.82) is 0 Å². The molecular weight excluding hydrogens is 162 g/mol. The topological polar surface area (TPSA) is 46.2 Å². The fourth-order valence-electron chi connectivity index (χ4n) is 0.603. The normalized spacial score (nSPS) is 9.92. The van der Waals surface area contributed by atoms with Crippen LogP contribution in [0, 0.1) is 0 Å². The van der Waals surface area contributed by atoms with Crippen LogP contribution in [-0.2, 0) is 0 Å². The minimum absolute atomic E-state index is 0.322. The van der Waals surface area contributed by atoms with Crippen LogP contribution in [0.25, 0.3) is 0 Å². The van der Waals surface area contributed by atoms with Gasteiger partial charge in [-0.05, 0) is 31.3 Å². The molecule has 0 saturated heterocycles. The molecule has 1 rings (SSSR count). The molecule has 0 radical (unpaired) electrons. The van der Waals surface area contributed by atoms with Crippen LogP contribution in [0.1, 0.15) is 6.92 Å². The van der Waals surface area contributed by atoms with Crippen LogP contribution in [0.3, 0.4) is 0 Å².